The number of nitrogens with zero attached hydrogens (tertiary/aromatic N) is 2. The highest BCUT2D eigenvalue weighted by Gasteiger charge is 2.21. The van der Waals surface area contributed by atoms with Crippen molar-refractivity contribution in [2.45, 2.75) is 19.8 Å². The Morgan fingerprint density at radius 2 is 1.71 bits per heavy atom. The van der Waals surface area contributed by atoms with Crippen molar-refractivity contribution in [2.75, 3.05) is 50.7 Å². The molecule has 1 amide bonds. The molecule has 0 spiro atoms. The monoisotopic (exact) mass is 461 g/mol. The molecule has 1 unspecified atom stereocenters. The third kappa shape index (κ3) is 5.15. The van der Waals surface area contributed by atoms with Gasteiger partial charge < -0.3 is 24.4 Å². The van der Waals surface area contributed by atoms with Crippen molar-refractivity contribution in [1.82, 2.24) is 4.98 Å². The second kappa shape index (κ2) is 10.6. The normalized spacial score (nSPS) is 14.4. The number of carbonyl (C=O) groups is 1. The van der Waals surface area contributed by atoms with E-state index < -0.39 is 5.92 Å². The van der Waals surface area contributed by atoms with Gasteiger partial charge in [0.05, 0.1) is 45.2 Å². The van der Waals surface area contributed by atoms with E-state index >= 15 is 0 Å². The highest BCUT2D eigenvalue weighted by molar-refractivity contribution is 5.99. The number of amides is 1. The number of anilines is 2. The van der Waals surface area contributed by atoms with E-state index in [4.69, 9.17) is 14.2 Å². The number of carbonyl (C=O) groups excluding carboxylic acids is 1. The summed E-state index contributed by atoms with van der Waals surface area (Å²) < 4.78 is 16.2. The first-order valence-electron chi connectivity index (χ1n) is 11.4. The van der Waals surface area contributed by atoms with Crippen LogP contribution in [0.1, 0.15) is 24.0 Å². The predicted molar refractivity (Wildman–Crippen MR) is 134 cm³/mol. The van der Waals surface area contributed by atoms with E-state index in [1.165, 1.54) is 0 Å². The molecular weight excluding hydrogens is 430 g/mol. The van der Waals surface area contributed by atoms with Gasteiger partial charge >= 0.3 is 0 Å². The Hall–Kier alpha value is -3.58. The largest absolute Gasteiger partial charge is 0.497 e. The molecule has 7 heteroatoms. The lowest BCUT2D eigenvalue weighted by atomic mass is 9.97. The fourth-order valence-corrected chi connectivity index (χ4v) is 4.08. The van der Waals surface area contributed by atoms with E-state index in [0.717, 1.165) is 41.2 Å². The van der Waals surface area contributed by atoms with Crippen LogP contribution in [-0.2, 0) is 9.53 Å². The zero-order valence-corrected chi connectivity index (χ0v) is 20.1. The summed E-state index contributed by atoms with van der Waals surface area (Å²) in [5.41, 5.74) is 4.62. The molecule has 34 heavy (non-hydrogen) atoms. The predicted octanol–water partition coefficient (Wildman–Crippen LogP) is 4.65. The van der Waals surface area contributed by atoms with Crippen LogP contribution in [0.15, 0.2) is 54.7 Å². The summed E-state index contributed by atoms with van der Waals surface area (Å²) in [7, 11) is 3.19. The molecule has 1 saturated heterocycles. The van der Waals surface area contributed by atoms with Gasteiger partial charge in [-0.1, -0.05) is 24.3 Å². The van der Waals surface area contributed by atoms with Crippen LogP contribution in [0.5, 0.6) is 11.5 Å². The molecule has 1 fully saturated rings. The maximum atomic E-state index is 13.3. The van der Waals surface area contributed by atoms with Gasteiger partial charge in [-0.15, -0.1) is 0 Å². The Kier molecular flexibility index (Phi) is 7.33. The minimum atomic E-state index is -0.423. The van der Waals surface area contributed by atoms with Crippen molar-refractivity contribution in [2.24, 2.45) is 0 Å². The first kappa shape index (κ1) is 23.6. The quantitative estimate of drug-likeness (QED) is 0.552. The molecule has 3 aromatic rings. The summed E-state index contributed by atoms with van der Waals surface area (Å²) in [6.07, 6.45) is 1.75. The number of rotatable bonds is 7. The molecule has 0 saturated carbocycles. The van der Waals surface area contributed by atoms with Crippen molar-refractivity contribution in [3.63, 3.8) is 0 Å². The van der Waals surface area contributed by atoms with Gasteiger partial charge in [0.25, 0.3) is 0 Å². The molecule has 2 heterocycles. The number of nitrogens with one attached hydrogen (secondary N) is 1. The summed E-state index contributed by atoms with van der Waals surface area (Å²) in [6.45, 7) is 6.89. The van der Waals surface area contributed by atoms with Gasteiger partial charge in [-0.3, -0.25) is 4.79 Å². The minimum Gasteiger partial charge on any atom is -0.497 e. The number of methoxy groups -OCH3 is 2. The van der Waals surface area contributed by atoms with E-state index in [1.807, 2.05) is 31.2 Å². The summed E-state index contributed by atoms with van der Waals surface area (Å²) in [5, 5.41) is 3.11. The van der Waals surface area contributed by atoms with E-state index in [2.05, 4.69) is 40.3 Å². The van der Waals surface area contributed by atoms with Crippen LogP contribution in [-0.4, -0.2) is 51.4 Å². The third-order valence-corrected chi connectivity index (χ3v) is 6.18. The summed E-state index contributed by atoms with van der Waals surface area (Å²) >= 11 is 0. The molecule has 1 atom stereocenters. The Balaban J connectivity index is 1.67. The highest BCUT2D eigenvalue weighted by Crippen LogP contribution is 2.34. The Bertz CT molecular complexity index is 1140. The molecule has 1 aliphatic rings. The Labute approximate surface area is 200 Å². The van der Waals surface area contributed by atoms with Crippen molar-refractivity contribution in [3.8, 4) is 22.6 Å². The molecule has 0 radical (unpaired) electrons. The average molecular weight is 462 g/mol. The Morgan fingerprint density at radius 1 is 1.03 bits per heavy atom. The highest BCUT2D eigenvalue weighted by atomic mass is 16.5. The van der Waals surface area contributed by atoms with E-state index in [9.17, 15) is 4.79 Å². The maximum Gasteiger partial charge on any atom is 0.231 e. The maximum absolute atomic E-state index is 13.3. The molecule has 0 aliphatic carbocycles. The van der Waals surface area contributed by atoms with Gasteiger partial charge in [-0.05, 0) is 48.7 Å². The summed E-state index contributed by atoms with van der Waals surface area (Å²) in [4.78, 5) is 20.2. The van der Waals surface area contributed by atoms with Gasteiger partial charge in [-0.2, -0.15) is 0 Å². The van der Waals surface area contributed by atoms with Crippen LogP contribution >= 0.6 is 0 Å². The minimum absolute atomic E-state index is 0.133. The van der Waals surface area contributed by atoms with Gasteiger partial charge in [0.15, 0.2) is 0 Å². The molecule has 0 bridgehead atoms. The van der Waals surface area contributed by atoms with Crippen molar-refractivity contribution < 1.29 is 19.0 Å². The van der Waals surface area contributed by atoms with Gasteiger partial charge in [0.2, 0.25) is 5.91 Å². The SMILES string of the molecule is COc1cc(OC)cc(C(C)C(=O)Nc2cnc(N3CCOCC3)cc2-c2ccccc2C)c1. The van der Waals surface area contributed by atoms with Gasteiger partial charge in [-0.25, -0.2) is 4.98 Å². The van der Waals surface area contributed by atoms with Crippen LogP contribution in [0.25, 0.3) is 11.1 Å². The topological polar surface area (TPSA) is 72.9 Å². The smallest absolute Gasteiger partial charge is 0.231 e. The number of morpholine rings is 1. The Morgan fingerprint density at radius 3 is 2.35 bits per heavy atom. The van der Waals surface area contributed by atoms with Crippen LogP contribution < -0.4 is 19.7 Å². The van der Waals surface area contributed by atoms with Crippen molar-refractivity contribution in [1.29, 1.82) is 0 Å². The van der Waals surface area contributed by atoms with Crippen molar-refractivity contribution in [3.05, 3.63) is 65.9 Å². The van der Waals surface area contributed by atoms with Crippen LogP contribution in [0.4, 0.5) is 11.5 Å². The molecular formula is C27H31N3O4. The summed E-state index contributed by atoms with van der Waals surface area (Å²) in [6, 6.07) is 15.7. The number of aromatic nitrogens is 1. The number of ether oxygens (including phenoxy) is 3. The molecule has 4 rings (SSSR count). The third-order valence-electron chi connectivity index (χ3n) is 6.18. The van der Waals surface area contributed by atoms with E-state index in [-0.39, 0.29) is 5.91 Å². The van der Waals surface area contributed by atoms with E-state index in [0.29, 0.717) is 30.4 Å². The zero-order valence-electron chi connectivity index (χ0n) is 20.1. The number of hydrogen-bond acceptors (Lipinski definition) is 6. The molecule has 178 valence electrons. The van der Waals surface area contributed by atoms with Crippen LogP contribution in [0.2, 0.25) is 0 Å². The zero-order chi connectivity index (χ0) is 24.1. The standard InChI is InChI=1S/C27H31N3O4/c1-18-7-5-6-8-23(18)24-16-26(30-9-11-34-12-10-30)28-17-25(24)29-27(31)19(2)20-13-21(32-3)15-22(14-20)33-4/h5-8,13-17,19H,9-12H2,1-4H3,(H,29,31). The average Bonchev–Trinajstić information content (AvgIpc) is 2.89. The van der Waals surface area contributed by atoms with Crippen LogP contribution in [0, 0.1) is 6.92 Å². The first-order valence-corrected chi connectivity index (χ1v) is 11.4. The van der Waals surface area contributed by atoms with Crippen LogP contribution in [0.3, 0.4) is 0 Å². The molecule has 7 nitrogen and oxygen atoms in total. The first-order chi connectivity index (χ1) is 16.5. The fourth-order valence-electron chi connectivity index (χ4n) is 4.08. The lowest BCUT2D eigenvalue weighted by Crippen LogP contribution is -2.36. The molecule has 1 aromatic heterocycles. The number of benzene rings is 2. The van der Waals surface area contributed by atoms with E-state index in [1.54, 1.807) is 26.5 Å². The second-order valence-electron chi connectivity index (χ2n) is 8.36. The lowest BCUT2D eigenvalue weighted by molar-refractivity contribution is -0.117. The van der Waals surface area contributed by atoms with Gasteiger partial charge in [0, 0.05) is 24.7 Å². The second-order valence-corrected chi connectivity index (χ2v) is 8.36. The number of aryl methyl sites for hydroxylation is 1. The number of hydrogen-bond donors (Lipinski definition) is 1. The molecule has 1 N–H and O–H groups in total. The molecule has 2 aromatic carbocycles. The lowest BCUT2D eigenvalue weighted by Gasteiger charge is -2.28. The molecule has 1 aliphatic heterocycles. The number of pyridine rings is 1. The summed E-state index contributed by atoms with van der Waals surface area (Å²) in [5.74, 6) is 1.61. The fraction of sp³-hybridized carbons (Fsp3) is 0.333. The van der Waals surface area contributed by atoms with Gasteiger partial charge in [0.1, 0.15) is 17.3 Å². The van der Waals surface area contributed by atoms with Crippen molar-refractivity contribution >= 4 is 17.4 Å².